The second kappa shape index (κ2) is 5.28. The van der Waals surface area contributed by atoms with Gasteiger partial charge in [0.15, 0.2) is 0 Å². The van der Waals surface area contributed by atoms with Crippen LogP contribution in [-0.2, 0) is 0 Å². The summed E-state index contributed by atoms with van der Waals surface area (Å²) in [7, 11) is 0. The summed E-state index contributed by atoms with van der Waals surface area (Å²) in [6.07, 6.45) is 3.45. The number of nitrogens with zero attached hydrogens (tertiary/aromatic N) is 2. The van der Waals surface area contributed by atoms with Crippen molar-refractivity contribution in [3.05, 3.63) is 42.2 Å². The summed E-state index contributed by atoms with van der Waals surface area (Å²) in [5.41, 5.74) is 7.36. The SMILES string of the molecule is CC(C)(C)Nc1ncc(-c2cccc(C(N)=O)c2)cn1. The standard InChI is InChI=1S/C15H18N4O/c1-15(2,3)19-14-17-8-12(9-18-14)10-5-4-6-11(7-10)13(16)20/h4-9H,1-3H3,(H2,16,20)(H,17,18,19). The van der Waals surface area contributed by atoms with Crippen molar-refractivity contribution in [2.75, 3.05) is 5.32 Å². The van der Waals surface area contributed by atoms with Crippen molar-refractivity contribution in [1.29, 1.82) is 0 Å². The maximum absolute atomic E-state index is 11.2. The van der Waals surface area contributed by atoms with Crippen LogP contribution in [0.3, 0.4) is 0 Å². The number of anilines is 1. The summed E-state index contributed by atoms with van der Waals surface area (Å²) >= 11 is 0. The summed E-state index contributed by atoms with van der Waals surface area (Å²) in [6, 6.07) is 7.10. The minimum absolute atomic E-state index is 0.0899. The molecule has 5 heteroatoms. The van der Waals surface area contributed by atoms with Crippen molar-refractivity contribution >= 4 is 11.9 Å². The number of nitrogens with one attached hydrogen (secondary N) is 1. The molecule has 1 aromatic carbocycles. The smallest absolute Gasteiger partial charge is 0.248 e. The van der Waals surface area contributed by atoms with Crippen LogP contribution in [0.25, 0.3) is 11.1 Å². The van der Waals surface area contributed by atoms with E-state index in [2.05, 4.69) is 15.3 Å². The van der Waals surface area contributed by atoms with Gasteiger partial charge in [0.1, 0.15) is 0 Å². The third kappa shape index (κ3) is 3.54. The number of amides is 1. The molecule has 0 atom stereocenters. The lowest BCUT2D eigenvalue weighted by molar-refractivity contribution is 0.100. The van der Waals surface area contributed by atoms with Gasteiger partial charge in [-0.15, -0.1) is 0 Å². The van der Waals surface area contributed by atoms with Gasteiger partial charge in [-0.2, -0.15) is 0 Å². The summed E-state index contributed by atoms with van der Waals surface area (Å²) < 4.78 is 0. The highest BCUT2D eigenvalue weighted by atomic mass is 16.1. The summed E-state index contributed by atoms with van der Waals surface area (Å²) in [4.78, 5) is 19.7. The van der Waals surface area contributed by atoms with E-state index in [-0.39, 0.29) is 5.54 Å². The van der Waals surface area contributed by atoms with E-state index in [1.807, 2.05) is 26.8 Å². The van der Waals surface area contributed by atoms with Gasteiger partial charge in [-0.05, 0) is 38.5 Å². The number of hydrogen-bond donors (Lipinski definition) is 2. The van der Waals surface area contributed by atoms with Crippen LogP contribution < -0.4 is 11.1 Å². The van der Waals surface area contributed by atoms with E-state index in [1.54, 1.807) is 30.6 Å². The molecule has 0 bridgehead atoms. The lowest BCUT2D eigenvalue weighted by Crippen LogP contribution is -2.27. The largest absolute Gasteiger partial charge is 0.366 e. The van der Waals surface area contributed by atoms with Gasteiger partial charge < -0.3 is 11.1 Å². The molecule has 0 radical (unpaired) electrons. The van der Waals surface area contributed by atoms with Gasteiger partial charge in [0, 0.05) is 29.1 Å². The molecule has 0 aliphatic carbocycles. The van der Waals surface area contributed by atoms with Crippen LogP contribution in [0.15, 0.2) is 36.7 Å². The summed E-state index contributed by atoms with van der Waals surface area (Å²) in [5, 5.41) is 3.19. The monoisotopic (exact) mass is 270 g/mol. The van der Waals surface area contributed by atoms with Gasteiger partial charge in [-0.25, -0.2) is 9.97 Å². The van der Waals surface area contributed by atoms with Gasteiger partial charge in [-0.1, -0.05) is 12.1 Å². The number of primary amides is 1. The first-order valence-electron chi connectivity index (χ1n) is 6.36. The van der Waals surface area contributed by atoms with Crippen LogP contribution >= 0.6 is 0 Å². The Labute approximate surface area is 118 Å². The number of rotatable bonds is 3. The van der Waals surface area contributed by atoms with E-state index in [1.165, 1.54) is 0 Å². The van der Waals surface area contributed by atoms with Gasteiger partial charge in [0.25, 0.3) is 0 Å². The highest BCUT2D eigenvalue weighted by Crippen LogP contribution is 2.20. The molecule has 1 aromatic heterocycles. The fourth-order valence-corrected chi connectivity index (χ4v) is 1.73. The third-order valence-electron chi connectivity index (χ3n) is 2.62. The Bertz CT molecular complexity index is 615. The second-order valence-electron chi connectivity index (χ2n) is 5.62. The molecular weight excluding hydrogens is 252 g/mol. The molecule has 20 heavy (non-hydrogen) atoms. The first kappa shape index (κ1) is 14.0. The van der Waals surface area contributed by atoms with E-state index in [0.29, 0.717) is 11.5 Å². The van der Waals surface area contributed by atoms with Crippen LogP contribution in [-0.4, -0.2) is 21.4 Å². The van der Waals surface area contributed by atoms with E-state index in [4.69, 9.17) is 5.73 Å². The van der Waals surface area contributed by atoms with Crippen molar-refractivity contribution in [2.24, 2.45) is 5.73 Å². The third-order valence-corrected chi connectivity index (χ3v) is 2.62. The Morgan fingerprint density at radius 1 is 1.15 bits per heavy atom. The van der Waals surface area contributed by atoms with Gasteiger partial charge in [0.2, 0.25) is 11.9 Å². The van der Waals surface area contributed by atoms with E-state index in [9.17, 15) is 4.79 Å². The van der Waals surface area contributed by atoms with E-state index in [0.717, 1.165) is 11.1 Å². The number of nitrogens with two attached hydrogens (primary N) is 1. The van der Waals surface area contributed by atoms with E-state index >= 15 is 0 Å². The zero-order chi connectivity index (χ0) is 14.8. The Morgan fingerprint density at radius 2 is 1.80 bits per heavy atom. The molecule has 2 rings (SSSR count). The molecule has 104 valence electrons. The predicted octanol–water partition coefficient (Wildman–Crippen LogP) is 2.45. The molecular formula is C15H18N4O. The molecule has 1 heterocycles. The van der Waals surface area contributed by atoms with Crippen molar-refractivity contribution in [1.82, 2.24) is 9.97 Å². The number of benzene rings is 1. The minimum Gasteiger partial charge on any atom is -0.366 e. The Hall–Kier alpha value is -2.43. The second-order valence-corrected chi connectivity index (χ2v) is 5.62. The minimum atomic E-state index is -0.446. The average molecular weight is 270 g/mol. The van der Waals surface area contributed by atoms with Crippen LogP contribution in [0.2, 0.25) is 0 Å². The molecule has 0 spiro atoms. The number of aromatic nitrogens is 2. The number of hydrogen-bond acceptors (Lipinski definition) is 4. The fraction of sp³-hybridized carbons (Fsp3) is 0.267. The predicted molar refractivity (Wildman–Crippen MR) is 79.4 cm³/mol. The van der Waals surface area contributed by atoms with E-state index < -0.39 is 5.91 Å². The zero-order valence-electron chi connectivity index (χ0n) is 11.8. The quantitative estimate of drug-likeness (QED) is 0.897. The Morgan fingerprint density at radius 3 is 2.35 bits per heavy atom. The van der Waals surface area contributed by atoms with Crippen LogP contribution in [0.5, 0.6) is 0 Å². The molecule has 1 amide bonds. The molecule has 0 aliphatic rings. The van der Waals surface area contributed by atoms with Crippen LogP contribution in [0.4, 0.5) is 5.95 Å². The van der Waals surface area contributed by atoms with Crippen LogP contribution in [0.1, 0.15) is 31.1 Å². The topological polar surface area (TPSA) is 80.9 Å². The maximum atomic E-state index is 11.2. The summed E-state index contributed by atoms with van der Waals surface area (Å²) in [6.45, 7) is 6.13. The highest BCUT2D eigenvalue weighted by molar-refractivity contribution is 5.94. The fourth-order valence-electron chi connectivity index (χ4n) is 1.73. The maximum Gasteiger partial charge on any atom is 0.248 e. The lowest BCUT2D eigenvalue weighted by Gasteiger charge is -2.20. The molecule has 2 aromatic rings. The molecule has 0 saturated carbocycles. The van der Waals surface area contributed by atoms with Crippen molar-refractivity contribution in [3.63, 3.8) is 0 Å². The normalized spacial score (nSPS) is 11.2. The lowest BCUT2D eigenvalue weighted by atomic mass is 10.1. The summed E-state index contributed by atoms with van der Waals surface area (Å²) in [5.74, 6) is 0.131. The highest BCUT2D eigenvalue weighted by Gasteiger charge is 2.11. The Balaban J connectivity index is 2.26. The zero-order valence-corrected chi connectivity index (χ0v) is 11.8. The molecule has 0 saturated heterocycles. The van der Waals surface area contributed by atoms with Gasteiger partial charge in [-0.3, -0.25) is 4.79 Å². The van der Waals surface area contributed by atoms with Gasteiger partial charge in [0.05, 0.1) is 0 Å². The van der Waals surface area contributed by atoms with Crippen molar-refractivity contribution in [2.45, 2.75) is 26.3 Å². The number of carbonyl (C=O) groups excluding carboxylic acids is 1. The molecule has 0 aliphatic heterocycles. The average Bonchev–Trinajstić information content (AvgIpc) is 2.38. The van der Waals surface area contributed by atoms with Crippen molar-refractivity contribution < 1.29 is 4.79 Å². The molecule has 0 unspecified atom stereocenters. The molecule has 5 nitrogen and oxygen atoms in total. The van der Waals surface area contributed by atoms with Crippen molar-refractivity contribution in [3.8, 4) is 11.1 Å². The van der Waals surface area contributed by atoms with Crippen LogP contribution in [0, 0.1) is 0 Å². The first-order valence-corrected chi connectivity index (χ1v) is 6.36. The van der Waals surface area contributed by atoms with Gasteiger partial charge >= 0.3 is 0 Å². The first-order chi connectivity index (χ1) is 9.35. The molecule has 0 fully saturated rings. The number of carbonyl (C=O) groups is 1. The Kier molecular flexibility index (Phi) is 3.70. The molecule has 3 N–H and O–H groups in total.